The monoisotopic (exact) mass is 401 g/mol. The van der Waals surface area contributed by atoms with Gasteiger partial charge in [0.2, 0.25) is 0 Å². The molecule has 0 unspecified atom stereocenters. The first-order valence-corrected chi connectivity index (χ1v) is 9.95. The fourth-order valence-corrected chi connectivity index (χ4v) is 3.73. The molecule has 0 aliphatic carbocycles. The van der Waals surface area contributed by atoms with Crippen molar-refractivity contribution in [1.82, 2.24) is 14.9 Å². The number of carbonyl (C=O) groups is 1. The van der Waals surface area contributed by atoms with Gasteiger partial charge in [0.1, 0.15) is 5.69 Å². The van der Waals surface area contributed by atoms with Crippen LogP contribution >= 0.6 is 0 Å². The molecule has 1 aromatic heterocycles. The maximum atomic E-state index is 12.2. The van der Waals surface area contributed by atoms with Crippen molar-refractivity contribution >= 4 is 22.8 Å². The Bertz CT molecular complexity index is 1070. The predicted molar refractivity (Wildman–Crippen MR) is 114 cm³/mol. The van der Waals surface area contributed by atoms with Crippen LogP contribution in [0.15, 0.2) is 54.6 Å². The lowest BCUT2D eigenvalue weighted by Gasteiger charge is -2.36. The summed E-state index contributed by atoms with van der Waals surface area (Å²) in [7, 11) is 1.28. The number of para-hydroxylation sites is 2. The average Bonchev–Trinajstić information content (AvgIpc) is 2.80. The first kappa shape index (κ1) is 19.8. The van der Waals surface area contributed by atoms with Gasteiger partial charge in [-0.15, -0.1) is 0 Å². The van der Waals surface area contributed by atoms with Crippen LogP contribution in [0, 0.1) is 11.3 Å². The lowest BCUT2D eigenvalue weighted by molar-refractivity contribution is -0.141. The van der Waals surface area contributed by atoms with Gasteiger partial charge in [-0.3, -0.25) is 9.69 Å². The molecule has 0 spiro atoms. The van der Waals surface area contributed by atoms with Crippen molar-refractivity contribution < 1.29 is 9.53 Å². The molecule has 152 valence electrons. The second-order valence-electron chi connectivity index (χ2n) is 7.26. The minimum Gasteiger partial charge on any atom is -0.468 e. The minimum absolute atomic E-state index is 0.361. The zero-order valence-corrected chi connectivity index (χ0v) is 16.9. The quantitative estimate of drug-likeness (QED) is 0.608. The van der Waals surface area contributed by atoms with E-state index in [9.17, 15) is 10.1 Å². The molecule has 7 nitrogen and oxygen atoms in total. The highest BCUT2D eigenvalue weighted by Gasteiger charge is 2.30. The number of methoxy groups -OCH3 is 1. The highest BCUT2D eigenvalue weighted by molar-refractivity contribution is 5.85. The van der Waals surface area contributed by atoms with E-state index in [1.54, 1.807) is 0 Å². The number of nitrogens with zero attached hydrogens (tertiary/aromatic N) is 5. The number of rotatable bonds is 5. The Morgan fingerprint density at radius 2 is 1.67 bits per heavy atom. The van der Waals surface area contributed by atoms with E-state index >= 15 is 0 Å². The van der Waals surface area contributed by atoms with Gasteiger partial charge in [0.15, 0.2) is 11.7 Å². The van der Waals surface area contributed by atoms with Crippen LogP contribution in [0.5, 0.6) is 0 Å². The third kappa shape index (κ3) is 4.09. The van der Waals surface area contributed by atoms with Gasteiger partial charge in [0.05, 0.1) is 24.2 Å². The number of nitriles is 1. The normalized spacial score (nSPS) is 15.5. The maximum Gasteiger partial charge on any atom is 0.329 e. The predicted octanol–water partition coefficient (Wildman–Crippen LogP) is 2.73. The summed E-state index contributed by atoms with van der Waals surface area (Å²) in [5.41, 5.74) is 3.04. The topological polar surface area (TPSA) is 82.3 Å². The van der Waals surface area contributed by atoms with Crippen molar-refractivity contribution in [3.8, 4) is 6.07 Å². The smallest absolute Gasteiger partial charge is 0.329 e. The summed E-state index contributed by atoms with van der Waals surface area (Å²) in [5.74, 6) is -1.14. The van der Waals surface area contributed by atoms with Gasteiger partial charge in [-0.25, -0.2) is 9.97 Å². The Kier molecular flexibility index (Phi) is 5.87. The van der Waals surface area contributed by atoms with Gasteiger partial charge in [0, 0.05) is 32.7 Å². The van der Waals surface area contributed by atoms with Crippen LogP contribution < -0.4 is 4.90 Å². The van der Waals surface area contributed by atoms with Crippen molar-refractivity contribution in [2.24, 2.45) is 0 Å². The van der Waals surface area contributed by atoms with E-state index in [1.165, 1.54) is 12.7 Å². The summed E-state index contributed by atoms with van der Waals surface area (Å²) in [6, 6.07) is 19.9. The van der Waals surface area contributed by atoms with Gasteiger partial charge >= 0.3 is 5.97 Å². The molecule has 0 N–H and O–H groups in total. The molecule has 0 amide bonds. The second kappa shape index (κ2) is 8.89. The van der Waals surface area contributed by atoms with Crippen LogP contribution in [-0.4, -0.2) is 54.1 Å². The largest absolute Gasteiger partial charge is 0.468 e. The molecular weight excluding hydrogens is 378 g/mol. The van der Waals surface area contributed by atoms with Gasteiger partial charge in [-0.2, -0.15) is 5.26 Å². The van der Waals surface area contributed by atoms with E-state index in [-0.39, 0.29) is 0 Å². The van der Waals surface area contributed by atoms with E-state index in [1.807, 2.05) is 36.4 Å². The number of esters is 1. The third-order valence-electron chi connectivity index (χ3n) is 5.34. The molecule has 7 heteroatoms. The van der Waals surface area contributed by atoms with Crippen LogP contribution in [0.2, 0.25) is 0 Å². The van der Waals surface area contributed by atoms with Crippen molar-refractivity contribution in [3.63, 3.8) is 0 Å². The van der Waals surface area contributed by atoms with Crippen molar-refractivity contribution in [2.75, 3.05) is 38.2 Å². The number of aromatic nitrogens is 2. The summed E-state index contributed by atoms with van der Waals surface area (Å²) in [6.45, 7) is 4.10. The molecule has 3 aromatic rings. The lowest BCUT2D eigenvalue weighted by Crippen LogP contribution is -2.46. The molecule has 1 saturated heterocycles. The summed E-state index contributed by atoms with van der Waals surface area (Å²) in [6.07, 6.45) is 0. The molecule has 0 saturated carbocycles. The Labute approximate surface area is 175 Å². The van der Waals surface area contributed by atoms with Crippen molar-refractivity contribution in [3.05, 3.63) is 65.9 Å². The first-order chi connectivity index (χ1) is 14.7. The van der Waals surface area contributed by atoms with Crippen LogP contribution in [-0.2, 0) is 16.1 Å². The van der Waals surface area contributed by atoms with Gasteiger partial charge < -0.3 is 9.64 Å². The summed E-state index contributed by atoms with van der Waals surface area (Å²) in [4.78, 5) is 26.2. The Morgan fingerprint density at radius 3 is 2.30 bits per heavy atom. The van der Waals surface area contributed by atoms with E-state index in [2.05, 4.69) is 39.0 Å². The van der Waals surface area contributed by atoms with Gasteiger partial charge in [-0.1, -0.05) is 42.5 Å². The minimum atomic E-state index is -1.11. The fraction of sp³-hybridized carbons (Fsp3) is 0.304. The SMILES string of the molecule is COC(=O)[C@@H](C#N)c1nc2ccccc2nc1N1CCN(Cc2ccccc2)CC1. The third-order valence-corrected chi connectivity index (χ3v) is 5.34. The molecule has 0 radical (unpaired) electrons. The van der Waals surface area contributed by atoms with E-state index in [4.69, 9.17) is 9.72 Å². The average molecular weight is 401 g/mol. The highest BCUT2D eigenvalue weighted by atomic mass is 16.5. The number of fused-ring (bicyclic) bond motifs is 1. The fourth-order valence-electron chi connectivity index (χ4n) is 3.73. The molecule has 1 atom stereocenters. The number of ether oxygens (including phenoxy) is 1. The number of benzene rings is 2. The highest BCUT2D eigenvalue weighted by Crippen LogP contribution is 2.28. The zero-order valence-electron chi connectivity index (χ0n) is 16.9. The van der Waals surface area contributed by atoms with Crippen LogP contribution in [0.1, 0.15) is 17.2 Å². The number of carbonyl (C=O) groups excluding carboxylic acids is 1. The van der Waals surface area contributed by atoms with Crippen molar-refractivity contribution in [2.45, 2.75) is 12.5 Å². The summed E-state index contributed by atoms with van der Waals surface area (Å²) in [5, 5.41) is 9.64. The summed E-state index contributed by atoms with van der Waals surface area (Å²) >= 11 is 0. The Morgan fingerprint density at radius 1 is 1.03 bits per heavy atom. The lowest BCUT2D eigenvalue weighted by atomic mass is 10.1. The number of anilines is 1. The maximum absolute atomic E-state index is 12.2. The standard InChI is InChI=1S/C23H23N5O2/c1-30-23(29)18(15-24)21-22(26-20-10-6-5-9-19(20)25-21)28-13-11-27(12-14-28)16-17-7-3-2-4-8-17/h2-10,18H,11-14,16H2,1H3/t18-/m0/s1. The summed E-state index contributed by atoms with van der Waals surface area (Å²) < 4.78 is 4.84. The van der Waals surface area contributed by atoms with Gasteiger partial charge in [0.25, 0.3) is 0 Å². The zero-order chi connectivity index (χ0) is 20.9. The van der Waals surface area contributed by atoms with Crippen LogP contribution in [0.3, 0.4) is 0 Å². The van der Waals surface area contributed by atoms with E-state index in [0.717, 1.165) is 38.2 Å². The van der Waals surface area contributed by atoms with E-state index in [0.29, 0.717) is 17.0 Å². The van der Waals surface area contributed by atoms with Gasteiger partial charge in [-0.05, 0) is 17.7 Å². The van der Waals surface area contributed by atoms with E-state index < -0.39 is 11.9 Å². The molecular formula is C23H23N5O2. The second-order valence-corrected chi connectivity index (χ2v) is 7.26. The number of hydrogen-bond donors (Lipinski definition) is 0. The molecule has 0 bridgehead atoms. The molecule has 30 heavy (non-hydrogen) atoms. The molecule has 1 aliphatic rings. The van der Waals surface area contributed by atoms with Crippen molar-refractivity contribution in [1.29, 1.82) is 5.26 Å². The first-order valence-electron chi connectivity index (χ1n) is 9.95. The molecule has 4 rings (SSSR count). The molecule has 2 heterocycles. The Balaban J connectivity index is 1.61. The van der Waals surface area contributed by atoms with Crippen LogP contribution in [0.4, 0.5) is 5.82 Å². The number of hydrogen-bond acceptors (Lipinski definition) is 7. The Hall–Kier alpha value is -3.50. The number of piperazine rings is 1. The molecule has 1 aliphatic heterocycles. The van der Waals surface area contributed by atoms with Crippen LogP contribution in [0.25, 0.3) is 11.0 Å². The molecule has 2 aromatic carbocycles. The molecule has 1 fully saturated rings.